The number of carbonyl (C=O) groups excluding carboxylic acids is 2. The number of hydrogen-bond acceptors (Lipinski definition) is 5. The van der Waals surface area contributed by atoms with Crippen LogP contribution in [0.4, 0.5) is 11.4 Å². The largest absolute Gasteiger partial charge is 0.481 e. The smallest absolute Gasteiger partial charge is 0.306 e. The molecular weight excluding hydrogens is 362 g/mol. The van der Waals surface area contributed by atoms with Gasteiger partial charge in [0.2, 0.25) is 11.8 Å². The highest BCUT2D eigenvalue weighted by Gasteiger charge is 2.31. The number of rotatable bonds is 6. The van der Waals surface area contributed by atoms with Crippen LogP contribution < -0.4 is 10.6 Å². The number of nitrogens with zero attached hydrogens (tertiary/aromatic N) is 3. The standard InChI is InChI=1S/C19H23N5O4/c1-12(24-11-20-10-21-24)17(25)22-15-5-7-16(8-6-15)23-18(26)13-3-2-4-14(9-13)19(27)28/h5-8,10-14H,2-4,9H2,1H3,(H,22,25)(H,23,26)(H,27,28). The molecule has 3 rings (SSSR count). The maximum Gasteiger partial charge on any atom is 0.306 e. The van der Waals surface area contributed by atoms with Gasteiger partial charge in [-0.25, -0.2) is 9.67 Å². The molecule has 2 amide bonds. The fourth-order valence-electron chi connectivity index (χ4n) is 3.32. The number of amides is 2. The minimum absolute atomic E-state index is 0.164. The number of aliphatic carboxylic acids is 1. The summed E-state index contributed by atoms with van der Waals surface area (Å²) >= 11 is 0. The number of carboxylic acid groups (broad SMARTS) is 1. The lowest BCUT2D eigenvalue weighted by Gasteiger charge is -2.25. The van der Waals surface area contributed by atoms with Crippen LogP contribution in [0, 0.1) is 11.8 Å². The van der Waals surface area contributed by atoms with E-state index in [1.165, 1.54) is 17.3 Å². The van der Waals surface area contributed by atoms with Gasteiger partial charge in [-0.3, -0.25) is 14.4 Å². The van der Waals surface area contributed by atoms with Crippen LogP contribution in [0.3, 0.4) is 0 Å². The molecule has 1 aliphatic rings. The summed E-state index contributed by atoms with van der Waals surface area (Å²) in [6, 6.07) is 6.29. The highest BCUT2D eigenvalue weighted by atomic mass is 16.4. The molecule has 3 unspecified atom stereocenters. The van der Waals surface area contributed by atoms with E-state index in [-0.39, 0.29) is 17.7 Å². The maximum atomic E-state index is 12.4. The fourth-order valence-corrected chi connectivity index (χ4v) is 3.32. The summed E-state index contributed by atoms with van der Waals surface area (Å²) in [5.74, 6) is -1.98. The number of aromatic nitrogens is 3. The van der Waals surface area contributed by atoms with Crippen molar-refractivity contribution in [3.63, 3.8) is 0 Å². The van der Waals surface area contributed by atoms with Crippen LogP contribution >= 0.6 is 0 Å². The molecule has 3 N–H and O–H groups in total. The van der Waals surface area contributed by atoms with Crippen molar-refractivity contribution in [2.24, 2.45) is 11.8 Å². The van der Waals surface area contributed by atoms with Crippen LogP contribution in [-0.4, -0.2) is 37.7 Å². The van der Waals surface area contributed by atoms with Gasteiger partial charge in [0.1, 0.15) is 18.7 Å². The van der Waals surface area contributed by atoms with Crippen LogP contribution in [0.2, 0.25) is 0 Å². The second kappa shape index (κ2) is 8.64. The zero-order valence-electron chi connectivity index (χ0n) is 15.5. The van der Waals surface area contributed by atoms with Crippen molar-refractivity contribution in [2.45, 2.75) is 38.6 Å². The Bertz CT molecular complexity index is 835. The summed E-state index contributed by atoms with van der Waals surface area (Å²) in [5, 5.41) is 18.7. The van der Waals surface area contributed by atoms with Crippen molar-refractivity contribution < 1.29 is 19.5 Å². The lowest BCUT2D eigenvalue weighted by molar-refractivity contribution is -0.143. The molecule has 1 fully saturated rings. The SMILES string of the molecule is CC(C(=O)Nc1ccc(NC(=O)C2CCCC(C(=O)O)C2)cc1)n1cncn1. The fraction of sp³-hybridized carbons (Fsp3) is 0.421. The average Bonchev–Trinajstić information content (AvgIpc) is 3.23. The zero-order valence-corrected chi connectivity index (χ0v) is 15.5. The molecule has 1 heterocycles. The molecule has 28 heavy (non-hydrogen) atoms. The van der Waals surface area contributed by atoms with E-state index in [2.05, 4.69) is 20.7 Å². The molecule has 2 aromatic rings. The van der Waals surface area contributed by atoms with E-state index < -0.39 is 17.9 Å². The Morgan fingerprint density at radius 1 is 1.11 bits per heavy atom. The highest BCUT2D eigenvalue weighted by molar-refractivity contribution is 5.95. The molecule has 1 aromatic carbocycles. The van der Waals surface area contributed by atoms with Gasteiger partial charge in [0, 0.05) is 17.3 Å². The van der Waals surface area contributed by atoms with Crippen molar-refractivity contribution >= 4 is 29.2 Å². The summed E-state index contributed by atoms with van der Waals surface area (Å²) in [7, 11) is 0. The molecule has 1 aromatic heterocycles. The molecule has 1 aliphatic carbocycles. The first-order valence-corrected chi connectivity index (χ1v) is 9.22. The molecule has 0 aliphatic heterocycles. The monoisotopic (exact) mass is 385 g/mol. The van der Waals surface area contributed by atoms with Gasteiger partial charge in [-0.05, 0) is 50.5 Å². The lowest BCUT2D eigenvalue weighted by atomic mass is 9.81. The van der Waals surface area contributed by atoms with E-state index in [1.54, 1.807) is 31.2 Å². The molecule has 3 atom stereocenters. The second-order valence-corrected chi connectivity index (χ2v) is 7.01. The average molecular weight is 385 g/mol. The van der Waals surface area contributed by atoms with E-state index in [4.69, 9.17) is 5.11 Å². The van der Waals surface area contributed by atoms with Gasteiger partial charge < -0.3 is 15.7 Å². The van der Waals surface area contributed by atoms with Gasteiger partial charge in [0.25, 0.3) is 0 Å². The Kier molecular flexibility index (Phi) is 6.03. The van der Waals surface area contributed by atoms with Gasteiger partial charge in [0.15, 0.2) is 0 Å². The third-order valence-electron chi connectivity index (χ3n) is 5.03. The van der Waals surface area contributed by atoms with Crippen molar-refractivity contribution in [1.29, 1.82) is 0 Å². The minimum atomic E-state index is -0.835. The molecule has 9 nitrogen and oxygen atoms in total. The topological polar surface area (TPSA) is 126 Å². The molecule has 1 saturated carbocycles. The molecule has 0 saturated heterocycles. The van der Waals surface area contributed by atoms with Crippen molar-refractivity contribution in [3.8, 4) is 0 Å². The predicted molar refractivity (Wildman–Crippen MR) is 102 cm³/mol. The highest BCUT2D eigenvalue weighted by Crippen LogP contribution is 2.30. The van der Waals surface area contributed by atoms with Crippen LogP contribution in [0.1, 0.15) is 38.6 Å². The Labute approximate surface area is 162 Å². The normalized spacial score (nSPS) is 20.2. The third kappa shape index (κ3) is 4.73. The summed E-state index contributed by atoms with van der Waals surface area (Å²) in [5.41, 5.74) is 1.20. The van der Waals surface area contributed by atoms with Gasteiger partial charge >= 0.3 is 5.97 Å². The first kappa shape index (κ1) is 19.5. The van der Waals surface area contributed by atoms with Gasteiger partial charge in [-0.1, -0.05) is 6.42 Å². The molecule has 0 radical (unpaired) electrons. The van der Waals surface area contributed by atoms with Crippen LogP contribution in [0.5, 0.6) is 0 Å². The Morgan fingerprint density at radius 2 is 1.75 bits per heavy atom. The number of nitrogens with one attached hydrogen (secondary N) is 2. The molecule has 148 valence electrons. The van der Waals surface area contributed by atoms with Crippen molar-refractivity contribution in [3.05, 3.63) is 36.9 Å². The summed E-state index contributed by atoms with van der Waals surface area (Å²) in [6.45, 7) is 1.72. The maximum absolute atomic E-state index is 12.4. The number of carboxylic acids is 1. The second-order valence-electron chi connectivity index (χ2n) is 7.01. The number of hydrogen-bond donors (Lipinski definition) is 3. The van der Waals surface area contributed by atoms with Gasteiger partial charge in [-0.15, -0.1) is 0 Å². The van der Waals surface area contributed by atoms with Gasteiger partial charge in [-0.2, -0.15) is 5.10 Å². The van der Waals surface area contributed by atoms with Crippen molar-refractivity contribution in [1.82, 2.24) is 14.8 Å². The van der Waals surface area contributed by atoms with Crippen LogP contribution in [-0.2, 0) is 14.4 Å². The van der Waals surface area contributed by atoms with Crippen LogP contribution in [0.25, 0.3) is 0 Å². The number of carbonyl (C=O) groups is 3. The third-order valence-corrected chi connectivity index (χ3v) is 5.03. The first-order valence-electron chi connectivity index (χ1n) is 9.22. The predicted octanol–water partition coefficient (Wildman–Crippen LogP) is 2.31. The first-order chi connectivity index (χ1) is 13.4. The zero-order chi connectivity index (χ0) is 20.1. The quantitative estimate of drug-likeness (QED) is 0.700. The van der Waals surface area contributed by atoms with Crippen LogP contribution in [0.15, 0.2) is 36.9 Å². The molecule has 0 bridgehead atoms. The Balaban J connectivity index is 1.54. The molecule has 9 heteroatoms. The lowest BCUT2D eigenvalue weighted by Crippen LogP contribution is -2.30. The van der Waals surface area contributed by atoms with Crippen molar-refractivity contribution in [2.75, 3.05) is 10.6 Å². The Morgan fingerprint density at radius 3 is 2.36 bits per heavy atom. The number of benzene rings is 1. The van der Waals surface area contributed by atoms with E-state index in [0.717, 1.165) is 6.42 Å². The van der Waals surface area contributed by atoms with E-state index in [1.807, 2.05) is 0 Å². The van der Waals surface area contributed by atoms with E-state index >= 15 is 0 Å². The minimum Gasteiger partial charge on any atom is -0.481 e. The molecular formula is C19H23N5O4. The summed E-state index contributed by atoms with van der Waals surface area (Å²) in [6.07, 6.45) is 5.28. The molecule has 0 spiro atoms. The summed E-state index contributed by atoms with van der Waals surface area (Å²) in [4.78, 5) is 39.7. The van der Waals surface area contributed by atoms with E-state index in [0.29, 0.717) is 30.6 Å². The summed E-state index contributed by atoms with van der Waals surface area (Å²) < 4.78 is 1.46. The number of anilines is 2. The Hall–Kier alpha value is -3.23. The van der Waals surface area contributed by atoms with Gasteiger partial charge in [0.05, 0.1) is 5.92 Å². The van der Waals surface area contributed by atoms with E-state index in [9.17, 15) is 14.4 Å².